The predicted octanol–water partition coefficient (Wildman–Crippen LogP) is 0.530. The standard InChI is InChI=1S/C16H21F2N5O3/c1-9-5-7-23(15(25)21-9)14-16(17,18)13(24)12(26-14)8-19-10(2)11-4-6-20-22(11)3/h4-7,10,12-14,19,24H,8H2,1-3H3/t10?,12-,13-,14-/m1/s1. The van der Waals surface area contributed by atoms with E-state index in [4.69, 9.17) is 4.74 Å². The monoisotopic (exact) mass is 369 g/mol. The quantitative estimate of drug-likeness (QED) is 0.799. The van der Waals surface area contributed by atoms with E-state index in [1.807, 2.05) is 6.92 Å². The van der Waals surface area contributed by atoms with Gasteiger partial charge in [-0.05, 0) is 26.0 Å². The normalized spacial score (nSPS) is 26.2. The van der Waals surface area contributed by atoms with Crippen molar-refractivity contribution in [1.29, 1.82) is 0 Å². The largest absolute Gasteiger partial charge is 0.384 e. The molecule has 0 amide bonds. The smallest absolute Gasteiger partial charge is 0.350 e. The van der Waals surface area contributed by atoms with Crippen molar-refractivity contribution in [3.8, 4) is 0 Å². The molecule has 10 heteroatoms. The maximum atomic E-state index is 14.5. The molecule has 3 heterocycles. The Morgan fingerprint density at radius 3 is 2.81 bits per heavy atom. The Hall–Kier alpha value is -2.17. The SMILES string of the molecule is Cc1ccn([C@@H]2O[C@H](CNC(C)c3ccnn3C)[C@@H](O)C2(F)F)c(=O)n1. The van der Waals surface area contributed by atoms with Gasteiger partial charge in [-0.2, -0.15) is 18.9 Å². The predicted molar refractivity (Wildman–Crippen MR) is 87.7 cm³/mol. The lowest BCUT2D eigenvalue weighted by molar-refractivity contribution is -0.140. The van der Waals surface area contributed by atoms with Crippen LogP contribution in [-0.4, -0.2) is 49.1 Å². The highest BCUT2D eigenvalue weighted by Crippen LogP contribution is 2.42. The molecule has 1 aliphatic heterocycles. The summed E-state index contributed by atoms with van der Waals surface area (Å²) in [6, 6.07) is 3.05. The van der Waals surface area contributed by atoms with E-state index in [1.165, 1.54) is 12.3 Å². The van der Waals surface area contributed by atoms with Crippen molar-refractivity contribution in [2.45, 2.75) is 44.2 Å². The van der Waals surface area contributed by atoms with Crippen LogP contribution in [0.4, 0.5) is 8.78 Å². The fraction of sp³-hybridized carbons (Fsp3) is 0.562. The zero-order valence-electron chi connectivity index (χ0n) is 14.6. The summed E-state index contributed by atoms with van der Waals surface area (Å²) in [6.45, 7) is 3.41. The van der Waals surface area contributed by atoms with Crippen molar-refractivity contribution >= 4 is 0 Å². The van der Waals surface area contributed by atoms with Crippen LogP contribution < -0.4 is 11.0 Å². The fourth-order valence-electron chi connectivity index (χ4n) is 3.02. The molecule has 0 aromatic carbocycles. The zero-order chi connectivity index (χ0) is 19.1. The molecule has 3 rings (SSSR count). The van der Waals surface area contributed by atoms with Crippen molar-refractivity contribution in [2.24, 2.45) is 7.05 Å². The first kappa shape index (κ1) is 18.6. The molecule has 0 radical (unpaired) electrons. The van der Waals surface area contributed by atoms with Gasteiger partial charge in [-0.1, -0.05) is 0 Å². The van der Waals surface area contributed by atoms with Gasteiger partial charge in [0.15, 0.2) is 0 Å². The van der Waals surface area contributed by atoms with E-state index in [0.717, 1.165) is 5.69 Å². The molecule has 26 heavy (non-hydrogen) atoms. The second kappa shape index (κ2) is 6.86. The van der Waals surface area contributed by atoms with Crippen molar-refractivity contribution in [2.75, 3.05) is 6.54 Å². The van der Waals surface area contributed by atoms with Crippen LogP contribution in [0.1, 0.15) is 30.6 Å². The highest BCUT2D eigenvalue weighted by Gasteiger charge is 2.59. The summed E-state index contributed by atoms with van der Waals surface area (Å²) in [5, 5.41) is 17.1. The van der Waals surface area contributed by atoms with Crippen LogP contribution in [0, 0.1) is 6.92 Å². The third-order valence-electron chi connectivity index (χ3n) is 4.53. The molecule has 1 fully saturated rings. The van der Waals surface area contributed by atoms with Crippen LogP contribution in [-0.2, 0) is 11.8 Å². The number of hydrogen-bond acceptors (Lipinski definition) is 6. The summed E-state index contributed by atoms with van der Waals surface area (Å²) >= 11 is 0. The van der Waals surface area contributed by atoms with E-state index >= 15 is 0 Å². The number of nitrogens with one attached hydrogen (secondary N) is 1. The Morgan fingerprint density at radius 2 is 2.19 bits per heavy atom. The van der Waals surface area contributed by atoms with E-state index in [9.17, 15) is 18.7 Å². The van der Waals surface area contributed by atoms with Gasteiger partial charge in [0, 0.05) is 37.7 Å². The van der Waals surface area contributed by atoms with Gasteiger partial charge in [-0.25, -0.2) is 4.79 Å². The summed E-state index contributed by atoms with van der Waals surface area (Å²) in [5.41, 5.74) is 0.426. The van der Waals surface area contributed by atoms with Gasteiger partial charge in [0.1, 0.15) is 12.2 Å². The lowest BCUT2D eigenvalue weighted by atomic mass is 10.1. The fourth-order valence-corrected chi connectivity index (χ4v) is 3.02. The lowest BCUT2D eigenvalue weighted by Gasteiger charge is -2.21. The van der Waals surface area contributed by atoms with Gasteiger partial charge in [0.05, 0.1) is 5.69 Å². The second-order valence-electron chi connectivity index (χ2n) is 6.41. The van der Waals surface area contributed by atoms with Gasteiger partial charge in [-0.15, -0.1) is 0 Å². The maximum absolute atomic E-state index is 14.5. The van der Waals surface area contributed by atoms with E-state index in [0.29, 0.717) is 10.3 Å². The zero-order valence-corrected chi connectivity index (χ0v) is 14.6. The Bertz CT molecular complexity index is 837. The molecule has 1 aliphatic rings. The van der Waals surface area contributed by atoms with Gasteiger partial charge < -0.3 is 15.2 Å². The van der Waals surface area contributed by atoms with E-state index < -0.39 is 30.0 Å². The van der Waals surface area contributed by atoms with Crippen molar-refractivity contribution in [3.05, 3.63) is 46.4 Å². The highest BCUT2D eigenvalue weighted by atomic mass is 19.3. The first-order chi connectivity index (χ1) is 12.2. The number of aliphatic hydroxyl groups excluding tert-OH is 1. The van der Waals surface area contributed by atoms with Crippen molar-refractivity contribution in [3.63, 3.8) is 0 Å². The number of rotatable bonds is 5. The topological polar surface area (TPSA) is 94.2 Å². The summed E-state index contributed by atoms with van der Waals surface area (Å²) < 4.78 is 36.7. The molecule has 1 saturated heterocycles. The molecule has 4 atom stereocenters. The Balaban J connectivity index is 1.74. The third-order valence-corrected chi connectivity index (χ3v) is 4.53. The number of aryl methyl sites for hydroxylation is 2. The molecule has 1 unspecified atom stereocenters. The van der Waals surface area contributed by atoms with Gasteiger partial charge in [0.25, 0.3) is 0 Å². The second-order valence-corrected chi connectivity index (χ2v) is 6.41. The molecule has 0 bridgehead atoms. The van der Waals surface area contributed by atoms with Crippen LogP contribution >= 0.6 is 0 Å². The average molecular weight is 369 g/mol. The minimum absolute atomic E-state index is 0.0202. The number of ether oxygens (including phenoxy) is 1. The van der Waals surface area contributed by atoms with Crippen molar-refractivity contribution < 1.29 is 18.6 Å². The molecule has 2 aromatic rings. The summed E-state index contributed by atoms with van der Waals surface area (Å²) in [6.07, 6.45) is -2.30. The Kier molecular flexibility index (Phi) is 4.91. The number of alkyl halides is 2. The molecular weight excluding hydrogens is 348 g/mol. The van der Waals surface area contributed by atoms with Crippen molar-refractivity contribution in [1.82, 2.24) is 24.6 Å². The molecule has 0 saturated carbocycles. The summed E-state index contributed by atoms with van der Waals surface area (Å²) in [4.78, 5) is 15.6. The Labute approximate surface area is 148 Å². The number of aromatic nitrogens is 4. The molecular formula is C16H21F2N5O3. The van der Waals surface area contributed by atoms with Crippen LogP contribution in [0.15, 0.2) is 29.3 Å². The third kappa shape index (κ3) is 3.27. The van der Waals surface area contributed by atoms with Crippen LogP contribution in [0.2, 0.25) is 0 Å². The number of aliphatic hydroxyl groups is 1. The highest BCUT2D eigenvalue weighted by molar-refractivity contribution is 5.06. The first-order valence-electron chi connectivity index (χ1n) is 8.20. The van der Waals surface area contributed by atoms with Gasteiger partial charge in [-0.3, -0.25) is 9.25 Å². The molecule has 2 N–H and O–H groups in total. The minimum Gasteiger partial charge on any atom is -0.384 e. The number of halogens is 2. The molecule has 142 valence electrons. The number of nitrogens with zero attached hydrogens (tertiary/aromatic N) is 4. The molecule has 0 spiro atoms. The van der Waals surface area contributed by atoms with Crippen LogP contribution in [0.25, 0.3) is 0 Å². The lowest BCUT2D eigenvalue weighted by Crippen LogP contribution is -2.43. The van der Waals surface area contributed by atoms with E-state index in [2.05, 4.69) is 15.4 Å². The van der Waals surface area contributed by atoms with E-state index in [-0.39, 0.29) is 12.6 Å². The molecule has 8 nitrogen and oxygen atoms in total. The average Bonchev–Trinajstić information content (AvgIpc) is 3.09. The van der Waals surface area contributed by atoms with Gasteiger partial charge in [0.2, 0.25) is 6.23 Å². The molecule has 2 aromatic heterocycles. The van der Waals surface area contributed by atoms with Crippen LogP contribution in [0.5, 0.6) is 0 Å². The molecule has 0 aliphatic carbocycles. The van der Waals surface area contributed by atoms with Gasteiger partial charge >= 0.3 is 11.6 Å². The maximum Gasteiger partial charge on any atom is 0.350 e. The Morgan fingerprint density at radius 1 is 1.46 bits per heavy atom. The number of hydrogen-bond donors (Lipinski definition) is 2. The van der Waals surface area contributed by atoms with E-state index in [1.54, 1.807) is 30.9 Å². The summed E-state index contributed by atoms with van der Waals surface area (Å²) in [7, 11) is 1.77. The summed E-state index contributed by atoms with van der Waals surface area (Å²) in [5.74, 6) is -3.62. The minimum atomic E-state index is -3.62. The first-order valence-corrected chi connectivity index (χ1v) is 8.20. The van der Waals surface area contributed by atoms with Crippen LogP contribution in [0.3, 0.4) is 0 Å².